The van der Waals surface area contributed by atoms with Crippen molar-refractivity contribution in [1.29, 1.82) is 0 Å². The van der Waals surface area contributed by atoms with Crippen molar-refractivity contribution in [3.63, 3.8) is 0 Å². The van der Waals surface area contributed by atoms with Gasteiger partial charge >= 0.3 is 0 Å². The van der Waals surface area contributed by atoms with Crippen molar-refractivity contribution in [2.75, 3.05) is 24.5 Å². The highest BCUT2D eigenvalue weighted by molar-refractivity contribution is 7.80. The molecule has 0 saturated heterocycles. The van der Waals surface area contributed by atoms with Crippen molar-refractivity contribution >= 4 is 28.7 Å². The Bertz CT molecular complexity index is 652. The highest BCUT2D eigenvalue weighted by atomic mass is 32.1. The van der Waals surface area contributed by atoms with E-state index in [1.807, 2.05) is 36.4 Å². The molecule has 1 heterocycles. The van der Waals surface area contributed by atoms with Crippen LogP contribution in [-0.2, 0) is 6.54 Å². The van der Waals surface area contributed by atoms with Crippen LogP contribution in [0.25, 0.3) is 0 Å². The average molecular weight is 314 g/mol. The summed E-state index contributed by atoms with van der Waals surface area (Å²) in [6.07, 6.45) is 0. The highest BCUT2D eigenvalue weighted by Crippen LogP contribution is 2.24. The SMILES string of the molecule is COc1ccccc1NC(=S)NCN1Cc2ccccc2N1. The minimum atomic E-state index is 0.558. The van der Waals surface area contributed by atoms with E-state index in [4.69, 9.17) is 17.0 Å². The average Bonchev–Trinajstić information content (AvgIpc) is 2.96. The van der Waals surface area contributed by atoms with Crippen LogP contribution in [0.2, 0.25) is 0 Å². The maximum absolute atomic E-state index is 5.33. The van der Waals surface area contributed by atoms with Gasteiger partial charge in [0, 0.05) is 6.54 Å². The third kappa shape index (κ3) is 3.29. The highest BCUT2D eigenvalue weighted by Gasteiger charge is 2.17. The molecule has 0 fully saturated rings. The van der Waals surface area contributed by atoms with Gasteiger partial charge in [-0.05, 0) is 36.0 Å². The van der Waals surface area contributed by atoms with E-state index in [0.717, 1.165) is 23.7 Å². The number of benzene rings is 2. The third-order valence-corrected chi connectivity index (χ3v) is 3.69. The van der Waals surface area contributed by atoms with Gasteiger partial charge in [0.05, 0.1) is 25.2 Å². The minimum absolute atomic E-state index is 0.558. The molecule has 3 N–H and O–H groups in total. The minimum Gasteiger partial charge on any atom is -0.495 e. The standard InChI is InChI=1S/C16H18N4OS/c1-21-15-9-5-4-8-14(15)18-16(22)17-11-20-10-12-6-2-3-7-13(12)19-20/h2-9,19H,10-11H2,1H3,(H2,17,18,22). The molecule has 114 valence electrons. The molecule has 3 rings (SSSR count). The number of fused-ring (bicyclic) bond motifs is 1. The van der Waals surface area contributed by atoms with Crippen LogP contribution in [0.5, 0.6) is 5.75 Å². The van der Waals surface area contributed by atoms with Crippen molar-refractivity contribution in [1.82, 2.24) is 10.3 Å². The van der Waals surface area contributed by atoms with Gasteiger partial charge in [0.2, 0.25) is 0 Å². The number of thiocarbonyl (C=S) groups is 1. The molecule has 0 amide bonds. The summed E-state index contributed by atoms with van der Waals surface area (Å²) in [5.41, 5.74) is 6.61. The summed E-state index contributed by atoms with van der Waals surface area (Å²) in [6, 6.07) is 15.9. The van der Waals surface area contributed by atoms with Gasteiger partial charge in [-0.2, -0.15) is 5.01 Å². The van der Waals surface area contributed by atoms with E-state index >= 15 is 0 Å². The third-order valence-electron chi connectivity index (χ3n) is 3.44. The number of hydrogen-bond donors (Lipinski definition) is 3. The van der Waals surface area contributed by atoms with E-state index in [0.29, 0.717) is 11.8 Å². The number of rotatable bonds is 4. The summed E-state index contributed by atoms with van der Waals surface area (Å²) in [5, 5.41) is 8.96. The van der Waals surface area contributed by atoms with E-state index in [9.17, 15) is 0 Å². The lowest BCUT2D eigenvalue weighted by Crippen LogP contribution is -2.39. The van der Waals surface area contributed by atoms with Gasteiger partial charge in [-0.15, -0.1) is 0 Å². The number of ether oxygens (including phenoxy) is 1. The van der Waals surface area contributed by atoms with Crippen LogP contribution in [0.4, 0.5) is 11.4 Å². The fourth-order valence-electron chi connectivity index (χ4n) is 2.36. The van der Waals surface area contributed by atoms with E-state index < -0.39 is 0 Å². The first kappa shape index (κ1) is 14.6. The summed E-state index contributed by atoms with van der Waals surface area (Å²) < 4.78 is 5.29. The Labute approximate surface area is 135 Å². The normalized spacial score (nSPS) is 13.1. The number of para-hydroxylation sites is 3. The summed E-state index contributed by atoms with van der Waals surface area (Å²) in [4.78, 5) is 0. The number of hydrogen-bond acceptors (Lipinski definition) is 4. The van der Waals surface area contributed by atoms with Crippen LogP contribution >= 0.6 is 12.2 Å². The van der Waals surface area contributed by atoms with E-state index in [1.165, 1.54) is 5.56 Å². The lowest BCUT2D eigenvalue weighted by atomic mass is 10.2. The summed E-state index contributed by atoms with van der Waals surface area (Å²) in [5.74, 6) is 0.762. The largest absolute Gasteiger partial charge is 0.495 e. The number of methoxy groups -OCH3 is 1. The second-order valence-corrected chi connectivity index (χ2v) is 5.36. The lowest BCUT2D eigenvalue weighted by molar-refractivity contribution is 0.337. The van der Waals surface area contributed by atoms with Crippen molar-refractivity contribution in [3.8, 4) is 5.75 Å². The number of nitrogens with one attached hydrogen (secondary N) is 3. The van der Waals surface area contributed by atoms with Gasteiger partial charge in [0.1, 0.15) is 5.75 Å². The van der Waals surface area contributed by atoms with Crippen LogP contribution < -0.4 is 20.8 Å². The van der Waals surface area contributed by atoms with Crippen molar-refractivity contribution < 1.29 is 4.74 Å². The molecule has 0 bridgehead atoms. The predicted octanol–water partition coefficient (Wildman–Crippen LogP) is 2.78. The molecular weight excluding hydrogens is 296 g/mol. The van der Waals surface area contributed by atoms with E-state index in [2.05, 4.69) is 33.2 Å². The molecule has 0 aliphatic carbocycles. The van der Waals surface area contributed by atoms with Crippen LogP contribution in [0.15, 0.2) is 48.5 Å². The molecule has 1 aliphatic heterocycles. The summed E-state index contributed by atoms with van der Waals surface area (Å²) >= 11 is 5.33. The maximum Gasteiger partial charge on any atom is 0.171 e. The molecule has 0 aromatic heterocycles. The van der Waals surface area contributed by atoms with Crippen LogP contribution in [0.3, 0.4) is 0 Å². The molecular formula is C16H18N4OS. The summed E-state index contributed by atoms with van der Waals surface area (Å²) in [7, 11) is 1.64. The zero-order chi connectivity index (χ0) is 15.4. The van der Waals surface area contributed by atoms with Crippen LogP contribution in [0.1, 0.15) is 5.56 Å². The van der Waals surface area contributed by atoms with Crippen molar-refractivity contribution in [2.45, 2.75) is 6.54 Å². The quantitative estimate of drug-likeness (QED) is 0.755. The molecule has 2 aromatic rings. The number of nitrogens with zero attached hydrogens (tertiary/aromatic N) is 1. The molecule has 0 spiro atoms. The molecule has 2 aromatic carbocycles. The van der Waals surface area contributed by atoms with Crippen molar-refractivity contribution in [2.24, 2.45) is 0 Å². The zero-order valence-corrected chi connectivity index (χ0v) is 13.1. The molecule has 0 saturated carbocycles. The second kappa shape index (κ2) is 6.64. The molecule has 0 radical (unpaired) electrons. The maximum atomic E-state index is 5.33. The molecule has 5 nitrogen and oxygen atoms in total. The zero-order valence-electron chi connectivity index (χ0n) is 12.3. The van der Waals surface area contributed by atoms with Gasteiger partial charge in [-0.1, -0.05) is 30.3 Å². The Kier molecular flexibility index (Phi) is 4.41. The lowest BCUT2D eigenvalue weighted by Gasteiger charge is -2.19. The van der Waals surface area contributed by atoms with E-state index in [1.54, 1.807) is 7.11 Å². The molecule has 0 atom stereocenters. The first-order valence-electron chi connectivity index (χ1n) is 7.03. The Balaban J connectivity index is 1.51. The van der Waals surface area contributed by atoms with Gasteiger partial charge < -0.3 is 20.8 Å². The first-order chi connectivity index (χ1) is 10.8. The smallest absolute Gasteiger partial charge is 0.171 e. The molecule has 6 heteroatoms. The predicted molar refractivity (Wildman–Crippen MR) is 92.8 cm³/mol. The molecule has 1 aliphatic rings. The first-order valence-corrected chi connectivity index (χ1v) is 7.44. The monoisotopic (exact) mass is 314 g/mol. The fourth-order valence-corrected chi connectivity index (χ4v) is 2.53. The summed E-state index contributed by atoms with van der Waals surface area (Å²) in [6.45, 7) is 1.45. The number of anilines is 2. The number of hydrazine groups is 1. The Hall–Kier alpha value is -2.31. The topological polar surface area (TPSA) is 48.6 Å². The second-order valence-electron chi connectivity index (χ2n) is 4.96. The Morgan fingerprint density at radius 2 is 2.00 bits per heavy atom. The Morgan fingerprint density at radius 3 is 2.82 bits per heavy atom. The van der Waals surface area contributed by atoms with Gasteiger partial charge in [-0.25, -0.2) is 0 Å². The molecule has 22 heavy (non-hydrogen) atoms. The van der Waals surface area contributed by atoms with Crippen molar-refractivity contribution in [3.05, 3.63) is 54.1 Å². The molecule has 0 unspecified atom stereocenters. The van der Waals surface area contributed by atoms with Crippen LogP contribution in [0, 0.1) is 0 Å². The van der Waals surface area contributed by atoms with Gasteiger partial charge in [0.15, 0.2) is 5.11 Å². The van der Waals surface area contributed by atoms with Crippen LogP contribution in [-0.4, -0.2) is 23.9 Å². The van der Waals surface area contributed by atoms with Gasteiger partial charge in [-0.3, -0.25) is 0 Å². The van der Waals surface area contributed by atoms with Gasteiger partial charge in [0.25, 0.3) is 0 Å². The van der Waals surface area contributed by atoms with E-state index in [-0.39, 0.29) is 0 Å². The Morgan fingerprint density at radius 1 is 1.23 bits per heavy atom. The fraction of sp³-hybridized carbons (Fsp3) is 0.188.